The number of hydrogen-bond donors (Lipinski definition) is 0. The van der Waals surface area contributed by atoms with Gasteiger partial charge in [-0.15, -0.1) is 0 Å². The fraction of sp³-hybridized carbons (Fsp3) is 0.154. The van der Waals surface area contributed by atoms with Crippen molar-refractivity contribution >= 4 is 12.7 Å². The van der Waals surface area contributed by atoms with Crippen molar-refractivity contribution in [2.24, 2.45) is 0 Å². The standard InChI is InChI=1S/C26H20BF2/c1-17-5-7-20(8-6-17)11-12-23-24(28)15-22(16-25(23)29)10-9-21-13-18(2)26(27-4)19(3)14-21/h5-8,13-16H,1-4H3. The molecular formula is C26H20BF2. The van der Waals surface area contributed by atoms with Crippen LogP contribution in [0.4, 0.5) is 8.78 Å². The highest BCUT2D eigenvalue weighted by Gasteiger charge is 2.08. The van der Waals surface area contributed by atoms with E-state index < -0.39 is 11.6 Å². The zero-order valence-electron chi connectivity index (χ0n) is 17.0. The highest BCUT2D eigenvalue weighted by Crippen LogP contribution is 2.15. The van der Waals surface area contributed by atoms with Gasteiger partial charge in [0.2, 0.25) is 0 Å². The predicted molar refractivity (Wildman–Crippen MR) is 117 cm³/mol. The summed E-state index contributed by atoms with van der Waals surface area (Å²) < 4.78 is 28.8. The SMILES string of the molecule is C[B]c1c(C)cc(C#Cc2cc(F)c(C#Cc3ccc(C)cc3)c(F)c2)cc1C. The molecule has 0 atom stereocenters. The molecule has 0 saturated carbocycles. The molecule has 0 heterocycles. The number of rotatable bonds is 1. The van der Waals surface area contributed by atoms with Crippen LogP contribution in [-0.2, 0) is 0 Å². The first kappa shape index (κ1) is 20.4. The van der Waals surface area contributed by atoms with Gasteiger partial charge in [0.05, 0.1) is 5.56 Å². The highest BCUT2D eigenvalue weighted by atomic mass is 19.1. The molecule has 0 N–H and O–H groups in total. The molecule has 0 aromatic heterocycles. The molecule has 3 heteroatoms. The second-order valence-corrected chi connectivity index (χ2v) is 6.99. The molecule has 0 saturated heterocycles. The first-order valence-corrected chi connectivity index (χ1v) is 9.37. The van der Waals surface area contributed by atoms with Crippen molar-refractivity contribution in [1.29, 1.82) is 0 Å². The second-order valence-electron chi connectivity index (χ2n) is 6.99. The maximum absolute atomic E-state index is 14.4. The molecule has 1 radical (unpaired) electrons. The largest absolute Gasteiger partial charge is 0.205 e. The van der Waals surface area contributed by atoms with E-state index in [0.29, 0.717) is 5.56 Å². The maximum Gasteiger partial charge on any atom is 0.148 e. The molecule has 0 spiro atoms. The summed E-state index contributed by atoms with van der Waals surface area (Å²) in [5.74, 6) is 9.82. The number of aryl methyl sites for hydroxylation is 3. The number of benzene rings is 3. The summed E-state index contributed by atoms with van der Waals surface area (Å²) in [7, 11) is 2.06. The molecule has 3 rings (SSSR count). The van der Waals surface area contributed by atoms with Gasteiger partial charge in [0.1, 0.15) is 18.9 Å². The third-order valence-electron chi connectivity index (χ3n) is 4.66. The van der Waals surface area contributed by atoms with Gasteiger partial charge >= 0.3 is 0 Å². The molecule has 0 amide bonds. The van der Waals surface area contributed by atoms with Crippen LogP contribution in [-0.4, -0.2) is 7.28 Å². The molecule has 29 heavy (non-hydrogen) atoms. The van der Waals surface area contributed by atoms with Gasteiger partial charge in [0, 0.05) is 16.7 Å². The summed E-state index contributed by atoms with van der Waals surface area (Å²) in [6, 6.07) is 13.9. The Labute approximate surface area is 172 Å². The third-order valence-corrected chi connectivity index (χ3v) is 4.66. The summed E-state index contributed by atoms with van der Waals surface area (Å²) in [5, 5.41) is 0. The minimum Gasteiger partial charge on any atom is -0.205 e. The molecular weight excluding hydrogens is 361 g/mol. The van der Waals surface area contributed by atoms with Gasteiger partial charge in [-0.25, -0.2) is 8.78 Å². The molecule has 3 aromatic carbocycles. The van der Waals surface area contributed by atoms with Gasteiger partial charge in [-0.05, 0) is 57.2 Å². The fourth-order valence-corrected chi connectivity index (χ4v) is 3.18. The Balaban J connectivity index is 1.89. The monoisotopic (exact) mass is 381 g/mol. The van der Waals surface area contributed by atoms with Crippen LogP contribution in [0.15, 0.2) is 48.5 Å². The molecule has 0 unspecified atom stereocenters. The van der Waals surface area contributed by atoms with E-state index in [-0.39, 0.29) is 11.1 Å². The van der Waals surface area contributed by atoms with E-state index >= 15 is 0 Å². The van der Waals surface area contributed by atoms with Gasteiger partial charge in [-0.2, -0.15) is 0 Å². The molecule has 0 aliphatic heterocycles. The average Bonchev–Trinajstić information content (AvgIpc) is 2.67. The predicted octanol–water partition coefficient (Wildman–Crippen LogP) is 5.07. The van der Waals surface area contributed by atoms with Crippen molar-refractivity contribution in [1.82, 2.24) is 0 Å². The zero-order valence-corrected chi connectivity index (χ0v) is 17.0. The first-order valence-electron chi connectivity index (χ1n) is 9.37. The van der Waals surface area contributed by atoms with Crippen molar-refractivity contribution < 1.29 is 8.78 Å². The number of hydrogen-bond acceptors (Lipinski definition) is 0. The summed E-state index contributed by atoms with van der Waals surface area (Å²) in [5.41, 5.74) is 6.08. The van der Waals surface area contributed by atoms with Crippen LogP contribution in [0.1, 0.15) is 38.9 Å². The van der Waals surface area contributed by atoms with Gasteiger partial charge in [-0.3, -0.25) is 0 Å². The van der Waals surface area contributed by atoms with Crippen molar-refractivity contribution in [2.75, 3.05) is 0 Å². The van der Waals surface area contributed by atoms with Crippen LogP contribution in [0.2, 0.25) is 6.82 Å². The number of halogens is 2. The van der Waals surface area contributed by atoms with E-state index in [1.165, 1.54) is 17.6 Å². The average molecular weight is 381 g/mol. The molecule has 0 bridgehead atoms. The summed E-state index contributed by atoms with van der Waals surface area (Å²) in [4.78, 5) is 0. The van der Waals surface area contributed by atoms with E-state index in [1.807, 2.05) is 64.0 Å². The van der Waals surface area contributed by atoms with Crippen LogP contribution in [0.3, 0.4) is 0 Å². The van der Waals surface area contributed by atoms with Gasteiger partial charge in [-0.1, -0.05) is 64.8 Å². The molecule has 3 aromatic rings. The van der Waals surface area contributed by atoms with Crippen molar-refractivity contribution in [3.05, 3.63) is 99.1 Å². The lowest BCUT2D eigenvalue weighted by Crippen LogP contribution is -2.18. The zero-order chi connectivity index (χ0) is 21.0. The molecule has 0 aliphatic carbocycles. The first-order chi connectivity index (χ1) is 13.9. The lowest BCUT2D eigenvalue weighted by atomic mass is 9.68. The Morgan fingerprint density at radius 1 is 0.655 bits per heavy atom. The summed E-state index contributed by atoms with van der Waals surface area (Å²) in [6.07, 6.45) is 0. The maximum atomic E-state index is 14.4. The lowest BCUT2D eigenvalue weighted by Gasteiger charge is -2.07. The topological polar surface area (TPSA) is 0 Å². The van der Waals surface area contributed by atoms with Crippen LogP contribution in [0.5, 0.6) is 0 Å². The van der Waals surface area contributed by atoms with Crippen molar-refractivity contribution in [3.8, 4) is 23.7 Å². The quantitative estimate of drug-likeness (QED) is 0.408. The van der Waals surface area contributed by atoms with Crippen LogP contribution >= 0.6 is 0 Å². The van der Waals surface area contributed by atoms with Crippen molar-refractivity contribution in [2.45, 2.75) is 27.6 Å². The van der Waals surface area contributed by atoms with Gasteiger partial charge in [0.25, 0.3) is 0 Å². The van der Waals surface area contributed by atoms with Crippen LogP contribution in [0, 0.1) is 56.1 Å². The minimum atomic E-state index is -0.711. The van der Waals surface area contributed by atoms with Crippen LogP contribution < -0.4 is 5.46 Å². The Bertz CT molecular complexity index is 1140. The van der Waals surface area contributed by atoms with E-state index in [2.05, 4.69) is 31.0 Å². The smallest absolute Gasteiger partial charge is 0.148 e. The molecule has 141 valence electrons. The Morgan fingerprint density at radius 2 is 1.14 bits per heavy atom. The van der Waals surface area contributed by atoms with Gasteiger partial charge in [0.15, 0.2) is 0 Å². The second kappa shape index (κ2) is 8.81. The fourth-order valence-electron chi connectivity index (χ4n) is 3.18. The normalized spacial score (nSPS) is 9.86. The highest BCUT2D eigenvalue weighted by molar-refractivity contribution is 6.53. The molecule has 0 nitrogen and oxygen atoms in total. The Kier molecular flexibility index (Phi) is 6.21. The van der Waals surface area contributed by atoms with E-state index in [9.17, 15) is 8.78 Å². The Hall–Kier alpha value is -3.30. The van der Waals surface area contributed by atoms with Crippen LogP contribution in [0.25, 0.3) is 0 Å². The molecule has 0 fully saturated rings. The van der Waals surface area contributed by atoms with E-state index in [0.717, 1.165) is 22.3 Å². The third kappa shape index (κ3) is 4.95. The van der Waals surface area contributed by atoms with Gasteiger partial charge < -0.3 is 0 Å². The Morgan fingerprint density at radius 3 is 1.66 bits per heavy atom. The summed E-state index contributed by atoms with van der Waals surface area (Å²) >= 11 is 0. The van der Waals surface area contributed by atoms with E-state index in [4.69, 9.17) is 0 Å². The summed E-state index contributed by atoms with van der Waals surface area (Å²) in [6.45, 7) is 8.01. The molecule has 0 aliphatic rings. The van der Waals surface area contributed by atoms with E-state index in [1.54, 1.807) is 0 Å². The van der Waals surface area contributed by atoms with Crippen molar-refractivity contribution in [3.63, 3.8) is 0 Å². The lowest BCUT2D eigenvalue weighted by molar-refractivity contribution is 0.577. The minimum absolute atomic E-state index is 0.245.